The number of esters is 2. The SMILES string of the molecule is CCC(C)C(OC(C)=O)C(C)CC(C)/C=C(C)/C=C/CCC1CC(NC(C)=O)C(=O)O1. The number of hydrogen-bond donors (Lipinski definition) is 1. The van der Waals surface area contributed by atoms with Crippen LogP contribution < -0.4 is 5.32 Å². The van der Waals surface area contributed by atoms with Crippen LogP contribution in [0, 0.1) is 17.8 Å². The number of carbonyl (C=O) groups is 3. The Balaban J connectivity index is 2.48. The van der Waals surface area contributed by atoms with Crippen LogP contribution in [0.3, 0.4) is 0 Å². The van der Waals surface area contributed by atoms with Crippen LogP contribution in [0.15, 0.2) is 23.8 Å². The normalized spacial score (nSPS) is 23.2. The first-order valence-electron chi connectivity index (χ1n) is 11.5. The van der Waals surface area contributed by atoms with E-state index in [4.69, 9.17) is 9.47 Å². The topological polar surface area (TPSA) is 81.7 Å². The summed E-state index contributed by atoms with van der Waals surface area (Å²) in [6.45, 7) is 13.6. The molecule has 0 aromatic heterocycles. The summed E-state index contributed by atoms with van der Waals surface area (Å²) in [5.74, 6) is 0.232. The second-order valence-corrected chi connectivity index (χ2v) is 9.09. The van der Waals surface area contributed by atoms with Crippen molar-refractivity contribution >= 4 is 17.8 Å². The highest BCUT2D eigenvalue weighted by Gasteiger charge is 2.34. The van der Waals surface area contributed by atoms with E-state index in [2.05, 4.69) is 58.2 Å². The predicted octanol–water partition coefficient (Wildman–Crippen LogP) is 4.73. The molecule has 1 rings (SSSR count). The number of hydrogen-bond acceptors (Lipinski definition) is 5. The second-order valence-electron chi connectivity index (χ2n) is 9.09. The zero-order valence-corrected chi connectivity index (χ0v) is 20.3. The molecule has 0 saturated carbocycles. The molecule has 0 spiro atoms. The zero-order chi connectivity index (χ0) is 23.6. The van der Waals surface area contributed by atoms with E-state index in [-0.39, 0.29) is 36.0 Å². The Morgan fingerprint density at radius 2 is 1.87 bits per heavy atom. The lowest BCUT2D eigenvalue weighted by molar-refractivity contribution is -0.152. The molecule has 0 radical (unpaired) electrons. The van der Waals surface area contributed by atoms with Gasteiger partial charge in [0.05, 0.1) is 0 Å². The van der Waals surface area contributed by atoms with Crippen LogP contribution in [0.1, 0.15) is 80.6 Å². The van der Waals surface area contributed by atoms with Crippen molar-refractivity contribution in [3.05, 3.63) is 23.8 Å². The summed E-state index contributed by atoms with van der Waals surface area (Å²) in [5, 5.41) is 2.63. The van der Waals surface area contributed by atoms with Gasteiger partial charge in [0, 0.05) is 20.3 Å². The van der Waals surface area contributed by atoms with Crippen molar-refractivity contribution in [3.63, 3.8) is 0 Å². The molecule has 0 aliphatic carbocycles. The maximum absolute atomic E-state index is 11.7. The van der Waals surface area contributed by atoms with Crippen molar-refractivity contribution in [3.8, 4) is 0 Å². The Labute approximate surface area is 187 Å². The van der Waals surface area contributed by atoms with E-state index in [9.17, 15) is 14.4 Å². The van der Waals surface area contributed by atoms with Crippen LogP contribution in [0.4, 0.5) is 0 Å². The molecule has 6 unspecified atom stereocenters. The van der Waals surface area contributed by atoms with Gasteiger partial charge in [0.2, 0.25) is 5.91 Å². The van der Waals surface area contributed by atoms with Gasteiger partial charge >= 0.3 is 11.9 Å². The molecule has 1 amide bonds. The van der Waals surface area contributed by atoms with E-state index in [1.807, 2.05) is 0 Å². The molecule has 6 nitrogen and oxygen atoms in total. The first kappa shape index (κ1) is 26.9. The smallest absolute Gasteiger partial charge is 0.329 e. The third-order valence-electron chi connectivity index (χ3n) is 5.84. The Morgan fingerprint density at radius 1 is 1.19 bits per heavy atom. The van der Waals surface area contributed by atoms with Gasteiger partial charge in [0.1, 0.15) is 18.2 Å². The van der Waals surface area contributed by atoms with Gasteiger partial charge in [-0.15, -0.1) is 0 Å². The summed E-state index contributed by atoms with van der Waals surface area (Å²) in [5.41, 5.74) is 1.19. The van der Waals surface area contributed by atoms with Crippen LogP contribution in [0.5, 0.6) is 0 Å². The molecular formula is C25H41NO5. The van der Waals surface area contributed by atoms with E-state index < -0.39 is 6.04 Å². The molecule has 1 aliphatic rings. The third kappa shape index (κ3) is 10.2. The van der Waals surface area contributed by atoms with Crippen LogP contribution in [0.2, 0.25) is 0 Å². The minimum Gasteiger partial charge on any atom is -0.462 e. The number of cyclic esters (lactones) is 1. The van der Waals surface area contributed by atoms with Crippen molar-refractivity contribution in [2.45, 2.75) is 98.8 Å². The summed E-state index contributed by atoms with van der Waals surface area (Å²) in [6.07, 6.45) is 10.3. The third-order valence-corrected chi connectivity index (χ3v) is 5.84. The minimum absolute atomic E-state index is 0.0513. The summed E-state index contributed by atoms with van der Waals surface area (Å²) >= 11 is 0. The van der Waals surface area contributed by atoms with E-state index in [0.29, 0.717) is 18.3 Å². The van der Waals surface area contributed by atoms with Gasteiger partial charge < -0.3 is 14.8 Å². The van der Waals surface area contributed by atoms with E-state index in [1.54, 1.807) is 0 Å². The second kappa shape index (κ2) is 13.3. The first-order chi connectivity index (χ1) is 14.5. The van der Waals surface area contributed by atoms with Gasteiger partial charge in [0.25, 0.3) is 0 Å². The van der Waals surface area contributed by atoms with Gasteiger partial charge in [-0.1, -0.05) is 57.9 Å². The number of allylic oxidation sites excluding steroid dienone is 4. The quantitative estimate of drug-likeness (QED) is 0.354. The maximum Gasteiger partial charge on any atom is 0.329 e. The molecule has 176 valence electrons. The first-order valence-corrected chi connectivity index (χ1v) is 11.5. The van der Waals surface area contributed by atoms with Crippen molar-refractivity contribution in [2.75, 3.05) is 0 Å². The average Bonchev–Trinajstić information content (AvgIpc) is 3.00. The minimum atomic E-state index is -0.512. The lowest BCUT2D eigenvalue weighted by atomic mass is 9.85. The molecule has 1 saturated heterocycles. The molecule has 0 aromatic rings. The predicted molar refractivity (Wildman–Crippen MR) is 122 cm³/mol. The van der Waals surface area contributed by atoms with Gasteiger partial charge in [-0.2, -0.15) is 0 Å². The summed E-state index contributed by atoms with van der Waals surface area (Å²) in [7, 11) is 0. The fraction of sp³-hybridized carbons (Fsp3) is 0.720. The molecule has 0 bridgehead atoms. The molecule has 31 heavy (non-hydrogen) atoms. The van der Waals surface area contributed by atoms with Crippen LogP contribution in [-0.4, -0.2) is 36.1 Å². The van der Waals surface area contributed by atoms with Crippen LogP contribution in [0.25, 0.3) is 0 Å². The lowest BCUT2D eigenvalue weighted by Gasteiger charge is -2.29. The fourth-order valence-corrected chi connectivity index (χ4v) is 4.25. The molecule has 6 heteroatoms. The average molecular weight is 436 g/mol. The maximum atomic E-state index is 11.7. The lowest BCUT2D eigenvalue weighted by Crippen LogP contribution is -2.36. The fourth-order valence-electron chi connectivity index (χ4n) is 4.25. The molecule has 1 aliphatic heterocycles. The van der Waals surface area contributed by atoms with Crippen LogP contribution in [-0.2, 0) is 23.9 Å². The Hall–Kier alpha value is -2.11. The van der Waals surface area contributed by atoms with E-state index in [1.165, 1.54) is 19.4 Å². The zero-order valence-electron chi connectivity index (χ0n) is 20.3. The molecule has 6 atom stereocenters. The highest BCUT2D eigenvalue weighted by atomic mass is 16.6. The highest BCUT2D eigenvalue weighted by Crippen LogP contribution is 2.26. The standard InChI is InChI=1S/C25H41NO5/c1-8-18(4)24(30-21(7)28)19(5)14-17(3)13-16(2)11-9-10-12-22-15-23(25(29)31-22)26-20(6)27/h9,11,13,17-19,22-24H,8,10,12,14-15H2,1-7H3,(H,26,27)/b11-9+,16-13+. The number of rotatable bonds is 12. The molecule has 0 aromatic carbocycles. The number of nitrogens with one attached hydrogen (secondary N) is 1. The van der Waals surface area contributed by atoms with E-state index in [0.717, 1.165) is 25.7 Å². The molecule has 1 heterocycles. The Bertz CT molecular complexity index is 669. The molecule has 1 fully saturated rings. The van der Waals surface area contributed by atoms with Gasteiger partial charge in [0.15, 0.2) is 0 Å². The van der Waals surface area contributed by atoms with Crippen molar-refractivity contribution < 1.29 is 23.9 Å². The largest absolute Gasteiger partial charge is 0.462 e. The van der Waals surface area contributed by atoms with Crippen molar-refractivity contribution in [1.29, 1.82) is 0 Å². The monoisotopic (exact) mass is 435 g/mol. The van der Waals surface area contributed by atoms with Gasteiger partial charge in [-0.3, -0.25) is 9.59 Å². The highest BCUT2D eigenvalue weighted by molar-refractivity contribution is 5.84. The van der Waals surface area contributed by atoms with Crippen LogP contribution >= 0.6 is 0 Å². The van der Waals surface area contributed by atoms with E-state index >= 15 is 0 Å². The number of amides is 1. The Kier molecular flexibility index (Phi) is 11.6. The molecule has 1 N–H and O–H groups in total. The van der Waals surface area contributed by atoms with Crippen molar-refractivity contribution in [1.82, 2.24) is 5.32 Å². The van der Waals surface area contributed by atoms with Gasteiger partial charge in [-0.05, 0) is 43.9 Å². The van der Waals surface area contributed by atoms with Gasteiger partial charge in [-0.25, -0.2) is 4.79 Å². The molecular weight excluding hydrogens is 394 g/mol. The Morgan fingerprint density at radius 3 is 2.45 bits per heavy atom. The summed E-state index contributed by atoms with van der Waals surface area (Å²) in [4.78, 5) is 34.3. The summed E-state index contributed by atoms with van der Waals surface area (Å²) in [6, 6.07) is -0.512. The van der Waals surface area contributed by atoms with Crippen molar-refractivity contribution in [2.24, 2.45) is 17.8 Å². The number of ether oxygens (including phenoxy) is 2. The number of carbonyl (C=O) groups excluding carboxylic acids is 3. The summed E-state index contributed by atoms with van der Waals surface area (Å²) < 4.78 is 10.9.